The minimum absolute atomic E-state index is 0.861. The summed E-state index contributed by atoms with van der Waals surface area (Å²) in [5, 5.41) is 6.78. The zero-order valence-corrected chi connectivity index (χ0v) is 28.3. The first-order chi connectivity index (χ1) is 25.8. The third-order valence-corrected chi connectivity index (χ3v) is 10.1. The van der Waals surface area contributed by atoms with Gasteiger partial charge in [-0.2, -0.15) is 0 Å². The maximum Gasteiger partial charge on any atom is 0.136 e. The Bertz CT molecular complexity index is 2880. The summed E-state index contributed by atoms with van der Waals surface area (Å²) in [6, 6.07) is 64.8. The number of benzene rings is 8. The molecule has 0 bridgehead atoms. The van der Waals surface area contributed by atoms with Crippen molar-refractivity contribution in [2.75, 3.05) is 4.90 Å². The molecule has 2 heterocycles. The molecule has 0 saturated carbocycles. The molecule has 0 aliphatic heterocycles. The van der Waals surface area contributed by atoms with Crippen LogP contribution in [0.25, 0.3) is 76.9 Å². The average molecular weight is 665 g/mol. The van der Waals surface area contributed by atoms with Crippen LogP contribution in [-0.2, 0) is 0 Å². The van der Waals surface area contributed by atoms with Crippen molar-refractivity contribution in [2.24, 2.45) is 0 Å². The van der Waals surface area contributed by atoms with Gasteiger partial charge in [0, 0.05) is 39.1 Å². The summed E-state index contributed by atoms with van der Waals surface area (Å²) in [6.45, 7) is 0. The third-order valence-electron chi connectivity index (χ3n) is 10.1. The maximum atomic E-state index is 6.28. The molecule has 0 N–H and O–H groups in total. The lowest BCUT2D eigenvalue weighted by molar-refractivity contribution is 0.669. The predicted molar refractivity (Wildman–Crippen MR) is 218 cm³/mol. The van der Waals surface area contributed by atoms with E-state index in [4.69, 9.17) is 9.40 Å². The summed E-state index contributed by atoms with van der Waals surface area (Å²) in [4.78, 5) is 7.12. The Kier molecular flexibility index (Phi) is 7.14. The molecule has 8 aromatic carbocycles. The highest BCUT2D eigenvalue weighted by atomic mass is 16.3. The molecule has 0 aliphatic carbocycles. The van der Waals surface area contributed by atoms with Crippen molar-refractivity contribution in [3.63, 3.8) is 0 Å². The van der Waals surface area contributed by atoms with E-state index in [-0.39, 0.29) is 0 Å². The third kappa shape index (κ3) is 5.19. The number of pyridine rings is 1. The molecule has 244 valence electrons. The molecule has 0 atom stereocenters. The maximum absolute atomic E-state index is 6.28. The summed E-state index contributed by atoms with van der Waals surface area (Å²) >= 11 is 0. The van der Waals surface area contributed by atoms with Crippen molar-refractivity contribution in [1.29, 1.82) is 0 Å². The van der Waals surface area contributed by atoms with E-state index in [0.717, 1.165) is 60.9 Å². The molecule has 10 aromatic rings. The molecular formula is C49H32N2O. The van der Waals surface area contributed by atoms with Gasteiger partial charge in [-0.15, -0.1) is 0 Å². The number of hydrogen-bond acceptors (Lipinski definition) is 3. The van der Waals surface area contributed by atoms with Crippen molar-refractivity contribution < 1.29 is 4.42 Å². The van der Waals surface area contributed by atoms with Gasteiger partial charge in [0.15, 0.2) is 0 Å². The van der Waals surface area contributed by atoms with Crippen LogP contribution in [-0.4, -0.2) is 4.98 Å². The number of fused-ring (bicyclic) bond motifs is 5. The number of hydrogen-bond donors (Lipinski definition) is 0. The first kappa shape index (κ1) is 29.9. The summed E-state index contributed by atoms with van der Waals surface area (Å²) in [5.74, 6) is 0. The van der Waals surface area contributed by atoms with Crippen LogP contribution in [0.3, 0.4) is 0 Å². The van der Waals surface area contributed by atoms with Crippen molar-refractivity contribution in [2.45, 2.75) is 0 Å². The van der Waals surface area contributed by atoms with Gasteiger partial charge in [-0.3, -0.25) is 4.98 Å². The van der Waals surface area contributed by atoms with Gasteiger partial charge >= 0.3 is 0 Å². The van der Waals surface area contributed by atoms with Crippen molar-refractivity contribution in [1.82, 2.24) is 4.98 Å². The molecule has 10 rings (SSSR count). The van der Waals surface area contributed by atoms with Crippen LogP contribution >= 0.6 is 0 Å². The highest BCUT2D eigenvalue weighted by Gasteiger charge is 2.19. The lowest BCUT2D eigenvalue weighted by atomic mass is 9.97. The number of furan rings is 1. The van der Waals surface area contributed by atoms with Crippen LogP contribution in [0, 0.1) is 0 Å². The molecule has 0 radical (unpaired) electrons. The first-order valence-electron chi connectivity index (χ1n) is 17.6. The molecule has 3 nitrogen and oxygen atoms in total. The molecule has 0 aliphatic rings. The fraction of sp³-hybridized carbons (Fsp3) is 0. The Morgan fingerprint density at radius 3 is 1.81 bits per heavy atom. The van der Waals surface area contributed by atoms with Crippen LogP contribution in [0.5, 0.6) is 0 Å². The Balaban J connectivity index is 1.13. The summed E-state index contributed by atoms with van der Waals surface area (Å²) in [6.07, 6.45) is 3.91. The molecule has 0 saturated heterocycles. The highest BCUT2D eigenvalue weighted by molar-refractivity contribution is 6.13. The zero-order valence-electron chi connectivity index (χ0n) is 28.3. The summed E-state index contributed by atoms with van der Waals surface area (Å²) in [5.41, 5.74) is 12.0. The average Bonchev–Trinajstić information content (AvgIpc) is 3.58. The van der Waals surface area contributed by atoms with Gasteiger partial charge in [0.05, 0.1) is 11.9 Å². The van der Waals surface area contributed by atoms with E-state index < -0.39 is 0 Å². The van der Waals surface area contributed by atoms with E-state index in [9.17, 15) is 0 Å². The van der Waals surface area contributed by atoms with Crippen molar-refractivity contribution in [3.8, 4) is 33.4 Å². The Hall–Kier alpha value is -6.97. The smallest absolute Gasteiger partial charge is 0.136 e. The van der Waals surface area contributed by atoms with Gasteiger partial charge in [-0.1, -0.05) is 140 Å². The second-order valence-electron chi connectivity index (χ2n) is 13.2. The molecule has 52 heavy (non-hydrogen) atoms. The monoisotopic (exact) mass is 664 g/mol. The van der Waals surface area contributed by atoms with Crippen molar-refractivity contribution in [3.05, 3.63) is 194 Å². The molecular weight excluding hydrogens is 633 g/mol. The van der Waals surface area contributed by atoms with E-state index in [1.165, 1.54) is 33.0 Å². The van der Waals surface area contributed by atoms with E-state index in [0.29, 0.717) is 0 Å². The molecule has 0 fully saturated rings. The SMILES string of the molecule is c1ccc(-c2ccc(-c3ccc(N(c4cccc(-c5cccc6ccccc56)c4)c4cncc5cc6oc7ccccc7c6cc45)cc3)cc2)cc1. The van der Waals surface area contributed by atoms with Gasteiger partial charge in [-0.25, -0.2) is 0 Å². The Morgan fingerprint density at radius 2 is 1.00 bits per heavy atom. The van der Waals surface area contributed by atoms with Crippen LogP contribution in [0.15, 0.2) is 199 Å². The number of aromatic nitrogens is 1. The second kappa shape index (κ2) is 12.4. The van der Waals surface area contributed by atoms with Crippen molar-refractivity contribution >= 4 is 60.5 Å². The normalized spacial score (nSPS) is 11.5. The quantitative estimate of drug-likeness (QED) is 0.177. The summed E-state index contributed by atoms with van der Waals surface area (Å²) < 4.78 is 6.28. The topological polar surface area (TPSA) is 29.3 Å². The van der Waals surface area contributed by atoms with Crippen LogP contribution in [0.2, 0.25) is 0 Å². The number of anilines is 3. The zero-order chi connectivity index (χ0) is 34.4. The fourth-order valence-electron chi connectivity index (χ4n) is 7.56. The first-order valence-corrected chi connectivity index (χ1v) is 17.6. The van der Waals surface area contributed by atoms with Gasteiger partial charge in [0.2, 0.25) is 0 Å². The van der Waals surface area contributed by atoms with E-state index in [1.54, 1.807) is 0 Å². The summed E-state index contributed by atoms with van der Waals surface area (Å²) in [7, 11) is 0. The lowest BCUT2D eigenvalue weighted by Crippen LogP contribution is -2.11. The van der Waals surface area contributed by atoms with Gasteiger partial charge in [0.25, 0.3) is 0 Å². The van der Waals surface area contributed by atoms with Crippen LogP contribution in [0.1, 0.15) is 0 Å². The van der Waals surface area contributed by atoms with Crippen LogP contribution in [0.4, 0.5) is 17.1 Å². The van der Waals surface area contributed by atoms with Gasteiger partial charge in [0.1, 0.15) is 11.2 Å². The van der Waals surface area contributed by atoms with Gasteiger partial charge in [-0.05, 0) is 86.6 Å². The molecule has 2 aromatic heterocycles. The molecule has 0 spiro atoms. The highest BCUT2D eigenvalue weighted by Crippen LogP contribution is 2.43. The Morgan fingerprint density at radius 1 is 0.365 bits per heavy atom. The number of nitrogens with zero attached hydrogens (tertiary/aromatic N) is 2. The minimum atomic E-state index is 0.861. The standard InChI is InChI=1S/C49H32N2O/c1-2-10-33(11-3-1)34-20-22-35(23-21-34)36-24-26-40(27-25-36)51(41-15-8-14-38(28-41)43-18-9-13-37-12-4-5-16-42(37)43)47-32-50-31-39-29-49-46(30-45(39)47)44-17-6-7-19-48(44)52-49/h1-32H. The molecule has 0 unspecified atom stereocenters. The second-order valence-corrected chi connectivity index (χ2v) is 13.2. The molecule has 0 amide bonds. The Labute approximate surface area is 301 Å². The van der Waals surface area contributed by atoms with E-state index in [2.05, 4.69) is 175 Å². The van der Waals surface area contributed by atoms with Gasteiger partial charge < -0.3 is 9.32 Å². The predicted octanol–water partition coefficient (Wildman–Crippen LogP) is 13.8. The number of rotatable bonds is 6. The van der Waals surface area contributed by atoms with Crippen LogP contribution < -0.4 is 4.90 Å². The lowest BCUT2D eigenvalue weighted by Gasteiger charge is -2.27. The van der Waals surface area contributed by atoms with E-state index >= 15 is 0 Å². The van der Waals surface area contributed by atoms with E-state index in [1.807, 2.05) is 24.5 Å². The fourth-order valence-corrected chi connectivity index (χ4v) is 7.56. The minimum Gasteiger partial charge on any atom is -0.456 e. The largest absolute Gasteiger partial charge is 0.456 e. The number of para-hydroxylation sites is 1. The molecule has 3 heteroatoms.